The number of carbonyl (C=O) groups excluding carboxylic acids is 1. The van der Waals surface area contributed by atoms with Crippen molar-refractivity contribution >= 4 is 27.5 Å². The Labute approximate surface area is 97.6 Å². The smallest absolute Gasteiger partial charge is 0.224 e. The van der Waals surface area contributed by atoms with E-state index in [4.69, 9.17) is 0 Å². The summed E-state index contributed by atoms with van der Waals surface area (Å²) in [7, 11) is 1.87. The van der Waals surface area contributed by atoms with Crippen molar-refractivity contribution in [1.82, 2.24) is 10.3 Å². The number of pyridine rings is 1. The Kier molecular flexibility index (Phi) is 5.28. The second-order valence-electron chi connectivity index (χ2n) is 3.11. The summed E-state index contributed by atoms with van der Waals surface area (Å²) < 4.78 is 0.798. The highest BCUT2D eigenvalue weighted by Gasteiger charge is 2.04. The molecule has 0 aromatic carbocycles. The number of amides is 1. The fraction of sp³-hybridized carbons (Fsp3) is 0.400. The number of anilines is 1. The van der Waals surface area contributed by atoms with Crippen LogP contribution in [0.5, 0.6) is 0 Å². The molecule has 5 heteroatoms. The lowest BCUT2D eigenvalue weighted by atomic mass is 10.3. The van der Waals surface area contributed by atoms with Gasteiger partial charge in [0.15, 0.2) is 0 Å². The molecule has 0 aliphatic heterocycles. The molecule has 1 aromatic rings. The molecule has 0 aliphatic carbocycles. The van der Waals surface area contributed by atoms with Crippen molar-refractivity contribution < 1.29 is 4.79 Å². The Balaban J connectivity index is 2.41. The Morgan fingerprint density at radius 1 is 1.60 bits per heavy atom. The molecule has 1 aromatic heterocycles. The summed E-state index contributed by atoms with van der Waals surface area (Å²) in [5, 5.41) is 5.81. The zero-order chi connectivity index (χ0) is 11.1. The molecule has 0 unspecified atom stereocenters. The number of halogens is 1. The van der Waals surface area contributed by atoms with Crippen molar-refractivity contribution in [2.24, 2.45) is 0 Å². The Morgan fingerprint density at radius 2 is 2.40 bits per heavy atom. The molecular formula is C10H14BrN3O. The van der Waals surface area contributed by atoms with Gasteiger partial charge in [-0.2, -0.15) is 0 Å². The fourth-order valence-electron chi connectivity index (χ4n) is 1.11. The van der Waals surface area contributed by atoms with Crippen LogP contribution in [0.4, 0.5) is 5.69 Å². The van der Waals surface area contributed by atoms with Gasteiger partial charge < -0.3 is 10.6 Å². The van der Waals surface area contributed by atoms with Crippen LogP contribution in [0.15, 0.2) is 22.9 Å². The van der Waals surface area contributed by atoms with Gasteiger partial charge in [-0.1, -0.05) is 0 Å². The van der Waals surface area contributed by atoms with Crippen LogP contribution in [0.25, 0.3) is 0 Å². The summed E-state index contributed by atoms with van der Waals surface area (Å²) in [4.78, 5) is 15.4. The second-order valence-corrected chi connectivity index (χ2v) is 3.97. The first-order valence-corrected chi connectivity index (χ1v) is 5.57. The van der Waals surface area contributed by atoms with Gasteiger partial charge >= 0.3 is 0 Å². The largest absolute Gasteiger partial charge is 0.325 e. The Bertz CT molecular complexity index is 330. The van der Waals surface area contributed by atoms with Crippen LogP contribution in [0.1, 0.15) is 12.8 Å². The topological polar surface area (TPSA) is 54.0 Å². The van der Waals surface area contributed by atoms with E-state index in [-0.39, 0.29) is 5.91 Å². The lowest BCUT2D eigenvalue weighted by Gasteiger charge is -2.06. The number of aromatic nitrogens is 1. The van der Waals surface area contributed by atoms with Gasteiger partial charge in [0, 0.05) is 18.8 Å². The van der Waals surface area contributed by atoms with Gasteiger partial charge in [0.25, 0.3) is 0 Å². The molecule has 0 aliphatic rings. The molecule has 0 atom stereocenters. The maximum absolute atomic E-state index is 11.5. The number of hydrogen-bond acceptors (Lipinski definition) is 3. The number of rotatable bonds is 5. The number of carbonyl (C=O) groups is 1. The van der Waals surface area contributed by atoms with E-state index < -0.39 is 0 Å². The molecule has 82 valence electrons. The predicted octanol–water partition coefficient (Wildman–Crippen LogP) is 1.78. The lowest BCUT2D eigenvalue weighted by molar-refractivity contribution is -0.116. The summed E-state index contributed by atoms with van der Waals surface area (Å²) in [5.74, 6) is 0.0251. The zero-order valence-electron chi connectivity index (χ0n) is 8.59. The van der Waals surface area contributed by atoms with Gasteiger partial charge in [-0.25, -0.2) is 0 Å². The highest BCUT2D eigenvalue weighted by Crippen LogP contribution is 2.19. The molecule has 0 saturated carbocycles. The number of nitrogens with one attached hydrogen (secondary N) is 2. The van der Waals surface area contributed by atoms with Crippen LogP contribution in [-0.2, 0) is 4.79 Å². The summed E-state index contributed by atoms with van der Waals surface area (Å²) >= 11 is 3.32. The van der Waals surface area contributed by atoms with Gasteiger partial charge in [-0.3, -0.25) is 9.78 Å². The molecule has 0 bridgehead atoms. The second kappa shape index (κ2) is 6.53. The maximum Gasteiger partial charge on any atom is 0.224 e. The average Bonchev–Trinajstić information content (AvgIpc) is 2.22. The molecule has 4 nitrogen and oxygen atoms in total. The normalized spacial score (nSPS) is 10.0. The molecule has 0 saturated heterocycles. The minimum atomic E-state index is 0.0251. The third-order valence-electron chi connectivity index (χ3n) is 1.88. The molecule has 1 amide bonds. The average molecular weight is 272 g/mol. The van der Waals surface area contributed by atoms with Crippen LogP contribution in [0, 0.1) is 0 Å². The zero-order valence-corrected chi connectivity index (χ0v) is 10.2. The van der Waals surface area contributed by atoms with Crippen molar-refractivity contribution in [1.29, 1.82) is 0 Å². The van der Waals surface area contributed by atoms with E-state index in [2.05, 4.69) is 31.5 Å². The monoisotopic (exact) mass is 271 g/mol. The highest BCUT2D eigenvalue weighted by atomic mass is 79.9. The molecular weight excluding hydrogens is 258 g/mol. The van der Waals surface area contributed by atoms with E-state index in [0.29, 0.717) is 6.42 Å². The number of hydrogen-bond donors (Lipinski definition) is 2. The first kappa shape index (κ1) is 12.1. The van der Waals surface area contributed by atoms with Crippen molar-refractivity contribution in [2.75, 3.05) is 18.9 Å². The lowest BCUT2D eigenvalue weighted by Crippen LogP contribution is -2.15. The first-order chi connectivity index (χ1) is 7.24. The van der Waals surface area contributed by atoms with E-state index in [1.165, 1.54) is 0 Å². The van der Waals surface area contributed by atoms with E-state index in [0.717, 1.165) is 23.1 Å². The quantitative estimate of drug-likeness (QED) is 0.803. The summed E-state index contributed by atoms with van der Waals surface area (Å²) in [5.41, 5.74) is 0.763. The van der Waals surface area contributed by atoms with E-state index in [1.807, 2.05) is 7.05 Å². The number of nitrogens with zero attached hydrogens (tertiary/aromatic N) is 1. The minimum absolute atomic E-state index is 0.0251. The van der Waals surface area contributed by atoms with Gasteiger partial charge in [-0.05, 0) is 42.0 Å². The third-order valence-corrected chi connectivity index (χ3v) is 2.51. The standard InChI is InChI=1S/C10H14BrN3O/c1-12-5-2-3-10(15)14-9-4-6-13-7-8(9)11/h4,6-7,12H,2-3,5H2,1H3,(H,13,14,15). The molecule has 1 heterocycles. The van der Waals surface area contributed by atoms with Crippen LogP contribution in [0.2, 0.25) is 0 Å². The Hall–Kier alpha value is -0.940. The van der Waals surface area contributed by atoms with Crippen molar-refractivity contribution in [3.8, 4) is 0 Å². The molecule has 0 fully saturated rings. The minimum Gasteiger partial charge on any atom is -0.325 e. The van der Waals surface area contributed by atoms with Crippen LogP contribution >= 0.6 is 15.9 Å². The van der Waals surface area contributed by atoms with Crippen LogP contribution in [-0.4, -0.2) is 24.5 Å². The maximum atomic E-state index is 11.5. The third kappa shape index (κ3) is 4.40. The summed E-state index contributed by atoms with van der Waals surface area (Å²) in [6.45, 7) is 0.852. The predicted molar refractivity (Wildman–Crippen MR) is 63.7 cm³/mol. The highest BCUT2D eigenvalue weighted by molar-refractivity contribution is 9.10. The van der Waals surface area contributed by atoms with Gasteiger partial charge in [-0.15, -0.1) is 0 Å². The molecule has 2 N–H and O–H groups in total. The van der Waals surface area contributed by atoms with Gasteiger partial charge in [0.1, 0.15) is 0 Å². The van der Waals surface area contributed by atoms with E-state index in [1.54, 1.807) is 18.5 Å². The summed E-state index contributed by atoms with van der Waals surface area (Å²) in [6, 6.07) is 1.76. The van der Waals surface area contributed by atoms with Gasteiger partial charge in [0.05, 0.1) is 10.2 Å². The van der Waals surface area contributed by atoms with Crippen molar-refractivity contribution in [3.63, 3.8) is 0 Å². The van der Waals surface area contributed by atoms with Crippen molar-refractivity contribution in [3.05, 3.63) is 22.9 Å². The van der Waals surface area contributed by atoms with E-state index >= 15 is 0 Å². The van der Waals surface area contributed by atoms with Gasteiger partial charge in [0.2, 0.25) is 5.91 Å². The SMILES string of the molecule is CNCCCC(=O)Nc1ccncc1Br. The fourth-order valence-corrected chi connectivity index (χ4v) is 1.46. The summed E-state index contributed by atoms with van der Waals surface area (Å²) in [6.07, 6.45) is 4.66. The Morgan fingerprint density at radius 3 is 3.07 bits per heavy atom. The molecule has 1 rings (SSSR count). The van der Waals surface area contributed by atoms with Crippen LogP contribution in [0.3, 0.4) is 0 Å². The van der Waals surface area contributed by atoms with E-state index in [9.17, 15) is 4.79 Å². The molecule has 15 heavy (non-hydrogen) atoms. The first-order valence-electron chi connectivity index (χ1n) is 4.78. The van der Waals surface area contributed by atoms with Crippen molar-refractivity contribution in [2.45, 2.75) is 12.8 Å². The molecule has 0 spiro atoms. The van der Waals surface area contributed by atoms with Crippen LogP contribution < -0.4 is 10.6 Å². The molecule has 0 radical (unpaired) electrons.